The number of rotatable bonds is 7. The van der Waals surface area contributed by atoms with Gasteiger partial charge in [0.05, 0.1) is 0 Å². The summed E-state index contributed by atoms with van der Waals surface area (Å²) in [5.74, 6) is 0.370. The molecule has 1 aliphatic heterocycles. The molecule has 0 unspecified atom stereocenters. The fourth-order valence-corrected chi connectivity index (χ4v) is 4.30. The Kier molecular flexibility index (Phi) is 6.04. The summed E-state index contributed by atoms with van der Waals surface area (Å²) in [5.41, 5.74) is 2.11. The Balaban J connectivity index is 1.37. The minimum Gasteiger partial charge on any atom is -0.484 e. The van der Waals surface area contributed by atoms with E-state index in [1.807, 2.05) is 47.4 Å². The van der Waals surface area contributed by atoms with E-state index in [0.29, 0.717) is 23.8 Å². The van der Waals surface area contributed by atoms with Gasteiger partial charge in [-0.2, -0.15) is 0 Å². The Bertz CT molecular complexity index is 1040. The summed E-state index contributed by atoms with van der Waals surface area (Å²) in [5, 5.41) is 12.1. The summed E-state index contributed by atoms with van der Waals surface area (Å²) < 4.78 is 5.44. The second kappa shape index (κ2) is 9.04. The smallest absolute Gasteiger partial charge is 0.264 e. The Hall–Kier alpha value is -3.26. The van der Waals surface area contributed by atoms with Crippen LogP contribution in [0.1, 0.15) is 29.8 Å². The van der Waals surface area contributed by atoms with Gasteiger partial charge in [-0.1, -0.05) is 54.7 Å². The molecule has 0 spiro atoms. The van der Waals surface area contributed by atoms with Gasteiger partial charge < -0.3 is 9.64 Å². The van der Waals surface area contributed by atoms with Gasteiger partial charge in [0.25, 0.3) is 5.91 Å². The molecule has 1 saturated heterocycles. The SMILES string of the molecule is CCc1ccccc1N1C[C@@H](c2nnc(NC(=O)COc3ccccc3)s2)CC1=O. The molecule has 1 atom stereocenters. The topological polar surface area (TPSA) is 84.4 Å². The average molecular weight is 423 g/mol. The zero-order chi connectivity index (χ0) is 20.9. The van der Waals surface area contributed by atoms with E-state index in [2.05, 4.69) is 22.4 Å². The summed E-state index contributed by atoms with van der Waals surface area (Å²) in [6.07, 6.45) is 1.25. The maximum atomic E-state index is 12.6. The lowest BCUT2D eigenvalue weighted by Gasteiger charge is -2.19. The number of hydrogen-bond donors (Lipinski definition) is 1. The molecule has 1 aliphatic rings. The molecular formula is C22H22N4O3S. The highest BCUT2D eigenvalue weighted by atomic mass is 32.1. The van der Waals surface area contributed by atoms with Crippen LogP contribution in [0.25, 0.3) is 0 Å². The third-order valence-corrected chi connectivity index (χ3v) is 5.94. The van der Waals surface area contributed by atoms with E-state index in [1.165, 1.54) is 11.3 Å². The first-order valence-corrected chi connectivity index (χ1v) is 10.6. The standard InChI is InChI=1S/C22H22N4O3S/c1-2-15-8-6-7-11-18(15)26-13-16(12-20(26)28)21-24-25-22(30-21)23-19(27)14-29-17-9-4-3-5-10-17/h3-11,16H,2,12-14H2,1H3,(H,23,25,27)/t16-/m0/s1. The molecule has 2 amide bonds. The van der Waals surface area contributed by atoms with E-state index in [0.717, 1.165) is 22.7 Å². The highest BCUT2D eigenvalue weighted by Crippen LogP contribution is 2.35. The first kappa shape index (κ1) is 20.0. The largest absolute Gasteiger partial charge is 0.484 e. The van der Waals surface area contributed by atoms with Crippen LogP contribution in [0.2, 0.25) is 0 Å². The maximum Gasteiger partial charge on any atom is 0.264 e. The van der Waals surface area contributed by atoms with Crippen LogP contribution in [0.5, 0.6) is 5.75 Å². The van der Waals surface area contributed by atoms with Crippen LogP contribution in [0.4, 0.5) is 10.8 Å². The monoisotopic (exact) mass is 422 g/mol. The number of anilines is 2. The zero-order valence-corrected chi connectivity index (χ0v) is 17.4. The lowest BCUT2D eigenvalue weighted by molar-refractivity contribution is -0.118. The Morgan fingerprint density at radius 2 is 1.93 bits per heavy atom. The Morgan fingerprint density at radius 1 is 1.17 bits per heavy atom. The lowest BCUT2D eigenvalue weighted by atomic mass is 10.1. The first-order valence-electron chi connectivity index (χ1n) is 9.83. The van der Waals surface area contributed by atoms with Crippen LogP contribution in [-0.2, 0) is 16.0 Å². The van der Waals surface area contributed by atoms with E-state index in [-0.39, 0.29) is 24.3 Å². The minimum absolute atomic E-state index is 0.0360. The van der Waals surface area contributed by atoms with Crippen LogP contribution in [0, 0.1) is 0 Å². The van der Waals surface area contributed by atoms with Gasteiger partial charge in [0, 0.05) is 24.6 Å². The zero-order valence-electron chi connectivity index (χ0n) is 16.6. The lowest BCUT2D eigenvalue weighted by Crippen LogP contribution is -2.25. The van der Waals surface area contributed by atoms with E-state index in [1.54, 1.807) is 12.1 Å². The van der Waals surface area contributed by atoms with Crippen LogP contribution < -0.4 is 15.0 Å². The summed E-state index contributed by atoms with van der Waals surface area (Å²) in [7, 11) is 0. The summed E-state index contributed by atoms with van der Waals surface area (Å²) in [6.45, 7) is 2.54. The van der Waals surface area contributed by atoms with Crippen molar-refractivity contribution in [2.45, 2.75) is 25.7 Å². The Labute approximate surface area is 178 Å². The minimum atomic E-state index is -0.303. The van der Waals surface area contributed by atoms with Gasteiger partial charge in [0.15, 0.2) is 6.61 Å². The summed E-state index contributed by atoms with van der Waals surface area (Å²) >= 11 is 1.30. The van der Waals surface area contributed by atoms with E-state index >= 15 is 0 Å². The third-order valence-electron chi connectivity index (χ3n) is 4.94. The van der Waals surface area contributed by atoms with Crippen molar-refractivity contribution in [3.8, 4) is 5.75 Å². The van der Waals surface area contributed by atoms with Gasteiger partial charge in [-0.05, 0) is 30.2 Å². The number of aryl methyl sites for hydroxylation is 1. The predicted octanol–water partition coefficient (Wildman–Crippen LogP) is 3.64. The molecular weight excluding hydrogens is 400 g/mol. The van der Waals surface area contributed by atoms with Gasteiger partial charge >= 0.3 is 0 Å². The third kappa shape index (κ3) is 4.49. The molecule has 154 valence electrons. The maximum absolute atomic E-state index is 12.6. The number of nitrogens with one attached hydrogen (secondary N) is 1. The number of hydrogen-bond acceptors (Lipinski definition) is 6. The molecule has 7 nitrogen and oxygen atoms in total. The molecule has 2 heterocycles. The quantitative estimate of drug-likeness (QED) is 0.628. The van der Waals surface area contributed by atoms with Crippen molar-refractivity contribution in [3.63, 3.8) is 0 Å². The van der Waals surface area contributed by atoms with Crippen molar-refractivity contribution < 1.29 is 14.3 Å². The van der Waals surface area contributed by atoms with Crippen molar-refractivity contribution in [1.29, 1.82) is 0 Å². The molecule has 1 N–H and O–H groups in total. The molecule has 0 radical (unpaired) electrons. The van der Waals surface area contributed by atoms with Gasteiger partial charge in [-0.3, -0.25) is 14.9 Å². The Morgan fingerprint density at radius 3 is 2.73 bits per heavy atom. The number of nitrogens with zero attached hydrogens (tertiary/aromatic N) is 3. The van der Waals surface area contributed by atoms with Gasteiger partial charge in [-0.15, -0.1) is 10.2 Å². The van der Waals surface area contributed by atoms with Crippen molar-refractivity contribution in [2.75, 3.05) is 23.4 Å². The van der Waals surface area contributed by atoms with Gasteiger partial charge in [0.1, 0.15) is 10.8 Å². The van der Waals surface area contributed by atoms with Crippen molar-refractivity contribution in [1.82, 2.24) is 10.2 Å². The van der Waals surface area contributed by atoms with E-state index in [4.69, 9.17) is 4.74 Å². The fourth-order valence-electron chi connectivity index (χ4n) is 3.45. The van der Waals surface area contributed by atoms with Crippen LogP contribution in [-0.4, -0.2) is 35.2 Å². The summed E-state index contributed by atoms with van der Waals surface area (Å²) in [6, 6.07) is 17.1. The number of amides is 2. The molecule has 1 fully saturated rings. The number of carbonyl (C=O) groups excluding carboxylic acids is 2. The molecule has 0 bridgehead atoms. The van der Waals surface area contributed by atoms with Crippen molar-refractivity contribution in [3.05, 3.63) is 65.2 Å². The summed E-state index contributed by atoms with van der Waals surface area (Å²) in [4.78, 5) is 26.6. The molecule has 3 aromatic rings. The molecule has 8 heteroatoms. The number of benzene rings is 2. The van der Waals surface area contributed by atoms with E-state index in [9.17, 15) is 9.59 Å². The fraction of sp³-hybridized carbons (Fsp3) is 0.273. The molecule has 2 aromatic carbocycles. The number of aromatic nitrogens is 2. The van der Waals surface area contributed by atoms with Gasteiger partial charge in [0.2, 0.25) is 11.0 Å². The molecule has 1 aromatic heterocycles. The second-order valence-electron chi connectivity index (χ2n) is 6.98. The van der Waals surface area contributed by atoms with Crippen molar-refractivity contribution in [2.24, 2.45) is 0 Å². The molecule has 30 heavy (non-hydrogen) atoms. The molecule has 0 saturated carbocycles. The molecule has 0 aliphatic carbocycles. The van der Waals surface area contributed by atoms with E-state index < -0.39 is 0 Å². The first-order chi connectivity index (χ1) is 14.6. The van der Waals surface area contributed by atoms with Gasteiger partial charge in [-0.25, -0.2) is 0 Å². The second-order valence-corrected chi connectivity index (χ2v) is 7.99. The highest BCUT2D eigenvalue weighted by Gasteiger charge is 2.34. The van der Waals surface area contributed by atoms with Crippen molar-refractivity contribution >= 4 is 34.0 Å². The van der Waals surface area contributed by atoms with Crippen LogP contribution in [0.3, 0.4) is 0 Å². The predicted molar refractivity (Wildman–Crippen MR) is 116 cm³/mol. The average Bonchev–Trinajstić information content (AvgIpc) is 3.39. The van der Waals surface area contributed by atoms with Crippen LogP contribution >= 0.6 is 11.3 Å². The van der Waals surface area contributed by atoms with Crippen LogP contribution in [0.15, 0.2) is 54.6 Å². The number of para-hydroxylation sites is 2. The number of ether oxygens (including phenoxy) is 1. The normalized spacial score (nSPS) is 16.0. The number of carbonyl (C=O) groups is 2. The molecule has 4 rings (SSSR count). The highest BCUT2D eigenvalue weighted by molar-refractivity contribution is 7.15.